The molecule has 1 rings (SSSR count). The smallest absolute Gasteiger partial charge is 0.0460 e. The van der Waals surface area contributed by atoms with Gasteiger partial charge in [-0.15, -0.1) is 11.6 Å². The van der Waals surface area contributed by atoms with Crippen LogP contribution in [-0.2, 0) is 0 Å². The third kappa shape index (κ3) is 3.77. The molecule has 0 aromatic carbocycles. The van der Waals surface area contributed by atoms with Crippen LogP contribution in [0.15, 0.2) is 0 Å². The molecule has 1 atom stereocenters. The highest BCUT2D eigenvalue weighted by molar-refractivity contribution is 6.20. The summed E-state index contributed by atoms with van der Waals surface area (Å²) in [6.07, 6.45) is 7.85. The first kappa shape index (κ1) is 10.3. The van der Waals surface area contributed by atoms with Crippen LogP contribution < -0.4 is 5.32 Å². The average molecular weight is 190 g/mol. The van der Waals surface area contributed by atoms with E-state index in [0.29, 0.717) is 5.38 Å². The van der Waals surface area contributed by atoms with Gasteiger partial charge >= 0.3 is 0 Å². The van der Waals surface area contributed by atoms with Crippen molar-refractivity contribution in [3.05, 3.63) is 0 Å². The Morgan fingerprint density at radius 2 is 2.08 bits per heavy atom. The number of halogens is 1. The number of nitrogens with one attached hydrogen (secondary N) is 1. The van der Waals surface area contributed by atoms with Crippen LogP contribution in [0, 0.1) is 0 Å². The highest BCUT2D eigenvalue weighted by Gasteiger charge is 2.14. The lowest BCUT2D eigenvalue weighted by Gasteiger charge is -2.14. The van der Waals surface area contributed by atoms with Crippen molar-refractivity contribution in [2.24, 2.45) is 0 Å². The Morgan fingerprint density at radius 3 is 2.67 bits per heavy atom. The van der Waals surface area contributed by atoms with Gasteiger partial charge in [-0.25, -0.2) is 0 Å². The molecule has 0 bridgehead atoms. The van der Waals surface area contributed by atoms with E-state index < -0.39 is 0 Å². The number of hydrogen-bond acceptors (Lipinski definition) is 1. The van der Waals surface area contributed by atoms with Gasteiger partial charge in [0.1, 0.15) is 0 Å². The first-order valence-corrected chi connectivity index (χ1v) is 5.64. The second-order valence-electron chi connectivity index (χ2n) is 3.78. The summed E-state index contributed by atoms with van der Waals surface area (Å²) in [5.41, 5.74) is 0. The second kappa shape index (κ2) is 5.82. The fraction of sp³-hybridized carbons (Fsp3) is 1.00. The van der Waals surface area contributed by atoms with E-state index in [2.05, 4.69) is 12.2 Å². The van der Waals surface area contributed by atoms with E-state index in [1.807, 2.05) is 0 Å². The predicted octanol–water partition coefficient (Wildman–Crippen LogP) is 2.93. The van der Waals surface area contributed by atoms with Crippen molar-refractivity contribution in [2.75, 3.05) is 6.54 Å². The van der Waals surface area contributed by atoms with E-state index >= 15 is 0 Å². The highest BCUT2D eigenvalue weighted by Crippen LogP contribution is 2.17. The van der Waals surface area contributed by atoms with Crippen molar-refractivity contribution in [3.8, 4) is 0 Å². The van der Waals surface area contributed by atoms with Gasteiger partial charge in [0.05, 0.1) is 0 Å². The second-order valence-corrected chi connectivity index (χ2v) is 4.39. The topological polar surface area (TPSA) is 12.0 Å². The summed E-state index contributed by atoms with van der Waals surface area (Å²) in [4.78, 5) is 0. The van der Waals surface area contributed by atoms with Gasteiger partial charge in [-0.1, -0.05) is 26.2 Å². The molecular weight excluding hydrogens is 170 g/mol. The van der Waals surface area contributed by atoms with Gasteiger partial charge in [-0.2, -0.15) is 0 Å². The van der Waals surface area contributed by atoms with Crippen LogP contribution >= 0.6 is 11.6 Å². The first-order valence-electron chi connectivity index (χ1n) is 5.20. The summed E-state index contributed by atoms with van der Waals surface area (Å²) in [6, 6.07) is 0.767. The van der Waals surface area contributed by atoms with E-state index in [4.69, 9.17) is 11.6 Å². The molecule has 0 saturated heterocycles. The highest BCUT2D eigenvalue weighted by atomic mass is 35.5. The lowest BCUT2D eigenvalue weighted by atomic mass is 10.2. The van der Waals surface area contributed by atoms with Gasteiger partial charge in [-0.05, 0) is 19.3 Å². The van der Waals surface area contributed by atoms with Gasteiger partial charge in [-0.3, -0.25) is 0 Å². The Morgan fingerprint density at radius 1 is 1.42 bits per heavy atom. The molecule has 0 heterocycles. The molecule has 0 amide bonds. The molecule has 1 N–H and O–H groups in total. The molecule has 1 unspecified atom stereocenters. The van der Waals surface area contributed by atoms with Crippen LogP contribution in [0.2, 0.25) is 0 Å². The number of rotatable bonds is 5. The fourth-order valence-electron chi connectivity index (χ4n) is 1.84. The third-order valence-corrected chi connectivity index (χ3v) is 2.96. The van der Waals surface area contributed by atoms with Crippen molar-refractivity contribution < 1.29 is 0 Å². The van der Waals surface area contributed by atoms with Crippen molar-refractivity contribution >= 4 is 11.6 Å². The predicted molar refractivity (Wildman–Crippen MR) is 54.8 cm³/mol. The normalized spacial score (nSPS) is 21.5. The fourth-order valence-corrected chi connectivity index (χ4v) is 2.15. The lowest BCUT2D eigenvalue weighted by molar-refractivity contribution is 0.509. The standard InChI is InChI=1S/C10H20ClN/c1-2-5-9(11)8-12-10-6-3-4-7-10/h9-10,12H,2-8H2,1H3. The zero-order valence-corrected chi connectivity index (χ0v) is 8.74. The summed E-state index contributed by atoms with van der Waals surface area (Å²) in [6.45, 7) is 3.19. The van der Waals surface area contributed by atoms with Gasteiger partial charge < -0.3 is 5.32 Å². The summed E-state index contributed by atoms with van der Waals surface area (Å²) in [5.74, 6) is 0. The molecule has 0 aromatic heterocycles. The number of hydrogen-bond donors (Lipinski definition) is 1. The third-order valence-electron chi connectivity index (χ3n) is 2.59. The van der Waals surface area contributed by atoms with Crippen LogP contribution in [0.25, 0.3) is 0 Å². The molecule has 2 heteroatoms. The molecule has 1 nitrogen and oxygen atoms in total. The van der Waals surface area contributed by atoms with Crippen molar-refractivity contribution in [2.45, 2.75) is 56.9 Å². The summed E-state index contributed by atoms with van der Waals surface area (Å²) < 4.78 is 0. The summed E-state index contributed by atoms with van der Waals surface area (Å²) >= 11 is 6.10. The van der Waals surface area contributed by atoms with Gasteiger partial charge in [0.15, 0.2) is 0 Å². The molecule has 1 saturated carbocycles. The van der Waals surface area contributed by atoms with Crippen LogP contribution in [-0.4, -0.2) is 18.0 Å². The maximum Gasteiger partial charge on any atom is 0.0460 e. The van der Waals surface area contributed by atoms with E-state index in [1.54, 1.807) is 0 Å². The minimum atomic E-state index is 0.343. The van der Waals surface area contributed by atoms with E-state index in [0.717, 1.165) is 19.0 Å². The van der Waals surface area contributed by atoms with Crippen LogP contribution in [0.1, 0.15) is 45.4 Å². The SMILES string of the molecule is CCCC(Cl)CNC1CCCC1. The maximum atomic E-state index is 6.10. The van der Waals surface area contributed by atoms with Gasteiger partial charge in [0, 0.05) is 18.0 Å². The van der Waals surface area contributed by atoms with Crippen molar-refractivity contribution in [1.82, 2.24) is 5.32 Å². The molecule has 0 radical (unpaired) electrons. The Bertz CT molecular complexity index is 110. The molecule has 1 aliphatic carbocycles. The van der Waals surface area contributed by atoms with Crippen LogP contribution in [0.5, 0.6) is 0 Å². The molecule has 72 valence electrons. The quantitative estimate of drug-likeness (QED) is 0.656. The van der Waals surface area contributed by atoms with Crippen molar-refractivity contribution in [3.63, 3.8) is 0 Å². The zero-order valence-electron chi connectivity index (χ0n) is 7.98. The molecule has 1 aliphatic rings. The minimum absolute atomic E-state index is 0.343. The molecule has 12 heavy (non-hydrogen) atoms. The summed E-state index contributed by atoms with van der Waals surface area (Å²) in [7, 11) is 0. The minimum Gasteiger partial charge on any atom is -0.313 e. The summed E-state index contributed by atoms with van der Waals surface area (Å²) in [5, 5.41) is 3.88. The molecular formula is C10H20ClN. The lowest BCUT2D eigenvalue weighted by Crippen LogP contribution is -2.31. The Balaban J connectivity index is 1.99. The van der Waals surface area contributed by atoms with Crippen LogP contribution in [0.3, 0.4) is 0 Å². The Kier molecular flexibility index (Phi) is 5.01. The van der Waals surface area contributed by atoms with E-state index in [9.17, 15) is 0 Å². The van der Waals surface area contributed by atoms with Gasteiger partial charge in [0.25, 0.3) is 0 Å². The van der Waals surface area contributed by atoms with Crippen LogP contribution in [0.4, 0.5) is 0 Å². The zero-order chi connectivity index (χ0) is 8.81. The Hall–Kier alpha value is 0.250. The van der Waals surface area contributed by atoms with E-state index in [-0.39, 0.29) is 0 Å². The number of alkyl halides is 1. The van der Waals surface area contributed by atoms with Gasteiger partial charge in [0.2, 0.25) is 0 Å². The molecule has 1 fully saturated rings. The average Bonchev–Trinajstić information content (AvgIpc) is 2.53. The first-order chi connectivity index (χ1) is 5.83. The molecule has 0 spiro atoms. The molecule has 0 aliphatic heterocycles. The van der Waals surface area contributed by atoms with Crippen molar-refractivity contribution in [1.29, 1.82) is 0 Å². The largest absolute Gasteiger partial charge is 0.313 e. The monoisotopic (exact) mass is 189 g/mol. The molecule has 0 aromatic rings. The Labute approximate surface area is 80.9 Å². The maximum absolute atomic E-state index is 6.10. The van der Waals surface area contributed by atoms with E-state index in [1.165, 1.54) is 32.1 Å².